The molecule has 0 atom stereocenters. The van der Waals surface area contributed by atoms with Gasteiger partial charge < -0.3 is 10.2 Å². The van der Waals surface area contributed by atoms with Gasteiger partial charge in [0.25, 0.3) is 5.91 Å². The molecular formula is C20H20ClN5O. The molecule has 1 saturated heterocycles. The van der Waals surface area contributed by atoms with Crippen molar-refractivity contribution < 1.29 is 4.79 Å². The van der Waals surface area contributed by atoms with Gasteiger partial charge >= 0.3 is 0 Å². The number of piperazine rings is 1. The van der Waals surface area contributed by atoms with Crippen LogP contribution in [0.5, 0.6) is 0 Å². The number of benzene rings is 1. The third-order valence-electron chi connectivity index (χ3n) is 4.35. The number of halogens is 1. The second-order valence-electron chi connectivity index (χ2n) is 6.23. The van der Waals surface area contributed by atoms with Gasteiger partial charge in [0.1, 0.15) is 17.5 Å². The van der Waals surface area contributed by atoms with E-state index >= 15 is 0 Å². The van der Waals surface area contributed by atoms with E-state index in [1.807, 2.05) is 24.3 Å². The van der Waals surface area contributed by atoms with E-state index in [1.165, 1.54) is 18.0 Å². The van der Waals surface area contributed by atoms with Crippen LogP contribution in [0.25, 0.3) is 0 Å². The molecular weight excluding hydrogens is 362 g/mol. The summed E-state index contributed by atoms with van der Waals surface area (Å²) in [5, 5.41) is 12.7. The van der Waals surface area contributed by atoms with E-state index in [-0.39, 0.29) is 11.5 Å². The SMILES string of the molecule is N#C/C(=C/Nc1ccc(Cl)cn1)C(=O)N1CCN(Cc2ccccc2)CC1. The minimum atomic E-state index is -0.265. The molecule has 6 nitrogen and oxygen atoms in total. The summed E-state index contributed by atoms with van der Waals surface area (Å²) in [5.74, 6) is 0.256. The van der Waals surface area contributed by atoms with Gasteiger partial charge in [-0.15, -0.1) is 0 Å². The standard InChI is InChI=1S/C20H20ClN5O/c21-18-6-7-19(24-14-18)23-13-17(12-22)20(27)26-10-8-25(9-11-26)15-16-4-2-1-3-5-16/h1-7,13-14H,8-11,15H2,(H,23,24)/b17-13-. The van der Waals surface area contributed by atoms with Gasteiger partial charge in [-0.25, -0.2) is 4.98 Å². The lowest BCUT2D eigenvalue weighted by Crippen LogP contribution is -2.48. The molecule has 1 N–H and O–H groups in total. The monoisotopic (exact) mass is 381 g/mol. The first-order chi connectivity index (χ1) is 13.2. The third-order valence-corrected chi connectivity index (χ3v) is 4.57. The van der Waals surface area contributed by atoms with Gasteiger partial charge in [0, 0.05) is 45.1 Å². The fraction of sp³-hybridized carbons (Fsp3) is 0.250. The highest BCUT2D eigenvalue weighted by Gasteiger charge is 2.23. The van der Waals surface area contributed by atoms with Crippen LogP contribution in [0.1, 0.15) is 5.56 Å². The maximum absolute atomic E-state index is 12.6. The van der Waals surface area contributed by atoms with E-state index in [2.05, 4.69) is 27.3 Å². The summed E-state index contributed by atoms with van der Waals surface area (Å²) in [6.07, 6.45) is 2.90. The van der Waals surface area contributed by atoms with Crippen molar-refractivity contribution in [3.8, 4) is 6.07 Å². The molecule has 0 radical (unpaired) electrons. The summed E-state index contributed by atoms with van der Waals surface area (Å²) in [7, 11) is 0. The van der Waals surface area contributed by atoms with Crippen LogP contribution >= 0.6 is 11.6 Å². The summed E-state index contributed by atoms with van der Waals surface area (Å²) in [6, 6.07) is 15.6. The summed E-state index contributed by atoms with van der Waals surface area (Å²) in [5.41, 5.74) is 1.32. The van der Waals surface area contributed by atoms with Crippen molar-refractivity contribution in [1.82, 2.24) is 14.8 Å². The molecule has 0 unspecified atom stereocenters. The highest BCUT2D eigenvalue weighted by molar-refractivity contribution is 6.30. The molecule has 7 heteroatoms. The lowest BCUT2D eigenvalue weighted by Gasteiger charge is -2.34. The molecule has 0 spiro atoms. The van der Waals surface area contributed by atoms with Crippen LogP contribution in [0, 0.1) is 11.3 Å². The number of pyridine rings is 1. The lowest BCUT2D eigenvalue weighted by atomic mass is 10.2. The Morgan fingerprint density at radius 1 is 1.19 bits per heavy atom. The Morgan fingerprint density at radius 2 is 1.93 bits per heavy atom. The number of carbonyl (C=O) groups excluding carboxylic acids is 1. The Hall–Kier alpha value is -2.88. The molecule has 0 bridgehead atoms. The number of aromatic nitrogens is 1. The lowest BCUT2D eigenvalue weighted by molar-refractivity contribution is -0.128. The third kappa shape index (κ3) is 5.30. The first-order valence-electron chi connectivity index (χ1n) is 8.69. The highest BCUT2D eigenvalue weighted by Crippen LogP contribution is 2.12. The number of nitrogens with zero attached hydrogens (tertiary/aromatic N) is 4. The number of nitriles is 1. The van der Waals surface area contributed by atoms with Crippen LogP contribution in [0.2, 0.25) is 5.02 Å². The molecule has 1 aliphatic rings. The van der Waals surface area contributed by atoms with E-state index in [0.29, 0.717) is 23.9 Å². The molecule has 0 aliphatic carbocycles. The molecule has 1 fully saturated rings. The molecule has 1 aromatic heterocycles. The predicted octanol–water partition coefficient (Wildman–Crippen LogP) is 2.90. The van der Waals surface area contributed by atoms with Crippen LogP contribution in [0.4, 0.5) is 5.82 Å². The van der Waals surface area contributed by atoms with Crippen molar-refractivity contribution in [2.45, 2.75) is 6.54 Å². The number of carbonyl (C=O) groups is 1. The summed E-state index contributed by atoms with van der Waals surface area (Å²) in [6.45, 7) is 3.64. The molecule has 27 heavy (non-hydrogen) atoms. The Labute approximate surface area is 163 Å². The van der Waals surface area contributed by atoms with Gasteiger partial charge in [-0.2, -0.15) is 5.26 Å². The van der Waals surface area contributed by atoms with Crippen molar-refractivity contribution in [3.63, 3.8) is 0 Å². The molecule has 3 rings (SSSR count). The normalized spacial score (nSPS) is 15.3. The average Bonchev–Trinajstić information content (AvgIpc) is 2.71. The minimum Gasteiger partial charge on any atom is -0.345 e. The first kappa shape index (κ1) is 18.9. The van der Waals surface area contributed by atoms with E-state index < -0.39 is 0 Å². The van der Waals surface area contributed by atoms with Gasteiger partial charge in [-0.05, 0) is 17.7 Å². The zero-order valence-corrected chi connectivity index (χ0v) is 15.6. The molecule has 138 valence electrons. The largest absolute Gasteiger partial charge is 0.345 e. The first-order valence-corrected chi connectivity index (χ1v) is 9.07. The van der Waals surface area contributed by atoms with Crippen LogP contribution in [0.3, 0.4) is 0 Å². The summed E-state index contributed by atoms with van der Waals surface area (Å²) in [4.78, 5) is 20.7. The quantitative estimate of drug-likeness (QED) is 0.636. The zero-order valence-electron chi connectivity index (χ0n) is 14.8. The summed E-state index contributed by atoms with van der Waals surface area (Å²) < 4.78 is 0. The Balaban J connectivity index is 1.54. The van der Waals surface area contributed by atoms with Gasteiger partial charge in [-0.1, -0.05) is 41.9 Å². The topological polar surface area (TPSA) is 72.3 Å². The number of rotatable bonds is 5. The van der Waals surface area contributed by atoms with E-state index in [0.717, 1.165) is 19.6 Å². The van der Waals surface area contributed by atoms with Crippen LogP contribution in [-0.4, -0.2) is 46.9 Å². The van der Waals surface area contributed by atoms with Crippen LogP contribution in [-0.2, 0) is 11.3 Å². The second kappa shape index (κ2) is 9.17. The van der Waals surface area contributed by atoms with Crippen molar-refractivity contribution in [2.75, 3.05) is 31.5 Å². The van der Waals surface area contributed by atoms with Gasteiger partial charge in [0.15, 0.2) is 0 Å². The fourth-order valence-electron chi connectivity index (χ4n) is 2.87. The molecule has 0 saturated carbocycles. The van der Waals surface area contributed by atoms with Gasteiger partial charge in [0.05, 0.1) is 5.02 Å². The Bertz CT molecular complexity index is 837. The number of anilines is 1. The molecule has 2 heterocycles. The van der Waals surface area contributed by atoms with E-state index in [4.69, 9.17) is 11.6 Å². The molecule has 1 amide bonds. The van der Waals surface area contributed by atoms with Gasteiger partial charge in [0.2, 0.25) is 0 Å². The minimum absolute atomic E-state index is 0.0586. The highest BCUT2D eigenvalue weighted by atomic mass is 35.5. The van der Waals surface area contributed by atoms with E-state index in [1.54, 1.807) is 17.0 Å². The maximum atomic E-state index is 12.6. The number of amides is 1. The van der Waals surface area contributed by atoms with Crippen LogP contribution < -0.4 is 5.32 Å². The Morgan fingerprint density at radius 3 is 2.56 bits per heavy atom. The van der Waals surface area contributed by atoms with Crippen molar-refractivity contribution in [2.24, 2.45) is 0 Å². The fourth-order valence-corrected chi connectivity index (χ4v) is 2.98. The number of nitrogens with one attached hydrogen (secondary N) is 1. The van der Waals surface area contributed by atoms with E-state index in [9.17, 15) is 10.1 Å². The Kier molecular flexibility index (Phi) is 6.42. The molecule has 1 aliphatic heterocycles. The van der Waals surface area contributed by atoms with Crippen molar-refractivity contribution in [1.29, 1.82) is 5.26 Å². The second-order valence-corrected chi connectivity index (χ2v) is 6.67. The maximum Gasteiger partial charge on any atom is 0.266 e. The van der Waals surface area contributed by atoms with Crippen LogP contribution in [0.15, 0.2) is 60.4 Å². The number of hydrogen-bond acceptors (Lipinski definition) is 5. The van der Waals surface area contributed by atoms with Crippen molar-refractivity contribution >= 4 is 23.3 Å². The predicted molar refractivity (Wildman–Crippen MR) is 105 cm³/mol. The smallest absolute Gasteiger partial charge is 0.266 e. The number of hydrogen-bond donors (Lipinski definition) is 1. The average molecular weight is 382 g/mol. The molecule has 2 aromatic rings. The van der Waals surface area contributed by atoms with Gasteiger partial charge in [-0.3, -0.25) is 9.69 Å². The molecule has 1 aromatic carbocycles. The summed E-state index contributed by atoms with van der Waals surface area (Å²) >= 11 is 5.79. The van der Waals surface area contributed by atoms with Crippen molar-refractivity contribution in [3.05, 3.63) is 71.0 Å². The zero-order chi connectivity index (χ0) is 19.1.